The van der Waals surface area contributed by atoms with Gasteiger partial charge >= 0.3 is 0 Å². The first-order chi connectivity index (χ1) is 4.79. The Morgan fingerprint density at radius 2 is 1.80 bits per heavy atom. The number of hydrogen-bond donors (Lipinski definition) is 0. The van der Waals surface area contributed by atoms with Gasteiger partial charge in [-0.15, -0.1) is 0 Å². The Bertz CT molecular complexity index is 109. The van der Waals surface area contributed by atoms with Gasteiger partial charge in [0.25, 0.3) is 0 Å². The van der Waals surface area contributed by atoms with Crippen molar-refractivity contribution in [3.63, 3.8) is 0 Å². The van der Waals surface area contributed by atoms with Crippen molar-refractivity contribution >= 4 is 0 Å². The number of ether oxygens (including phenoxy) is 1. The van der Waals surface area contributed by atoms with Crippen molar-refractivity contribution in [2.75, 3.05) is 0 Å². The molecular formula is C9H18O. The van der Waals surface area contributed by atoms with E-state index in [4.69, 9.17) is 4.74 Å². The molecule has 1 aliphatic heterocycles. The Kier molecular flexibility index (Phi) is 2.35. The molecule has 0 N–H and O–H groups in total. The molecule has 0 aromatic rings. The van der Waals surface area contributed by atoms with Gasteiger partial charge in [0, 0.05) is 0 Å². The van der Waals surface area contributed by atoms with Crippen LogP contribution in [0.5, 0.6) is 0 Å². The van der Waals surface area contributed by atoms with Gasteiger partial charge in [-0.05, 0) is 25.2 Å². The number of rotatable bonds is 0. The Morgan fingerprint density at radius 1 is 1.20 bits per heavy atom. The zero-order valence-corrected chi connectivity index (χ0v) is 7.42. The summed E-state index contributed by atoms with van der Waals surface area (Å²) in [5, 5.41) is 0. The molecule has 0 radical (unpaired) electrons. The molecule has 10 heavy (non-hydrogen) atoms. The predicted octanol–water partition coefficient (Wildman–Crippen LogP) is 2.46. The van der Waals surface area contributed by atoms with E-state index in [-0.39, 0.29) is 0 Å². The van der Waals surface area contributed by atoms with Gasteiger partial charge in [0.2, 0.25) is 0 Å². The van der Waals surface area contributed by atoms with Crippen LogP contribution in [0.2, 0.25) is 0 Å². The molecule has 0 bridgehead atoms. The first-order valence-electron chi connectivity index (χ1n) is 4.44. The molecule has 1 heteroatoms. The highest BCUT2D eigenvalue weighted by atomic mass is 16.5. The predicted molar refractivity (Wildman–Crippen MR) is 43.0 cm³/mol. The summed E-state index contributed by atoms with van der Waals surface area (Å²) in [6.07, 6.45) is 2.55. The van der Waals surface area contributed by atoms with E-state index in [1.807, 2.05) is 13.8 Å². The molecule has 0 aromatic heterocycles. The maximum Gasteiger partial charge on any atom is 0.0615 e. The summed E-state index contributed by atoms with van der Waals surface area (Å²) in [5.74, 6) is 1.77. The average Bonchev–Trinajstić information content (AvgIpc) is 2.65. The molecular weight excluding hydrogens is 124 g/mol. The summed E-state index contributed by atoms with van der Waals surface area (Å²) < 4.78 is 5.55. The van der Waals surface area contributed by atoms with Gasteiger partial charge in [0.05, 0.1) is 12.2 Å². The zero-order valence-electron chi connectivity index (χ0n) is 7.42. The molecule has 1 aliphatic carbocycles. The molecule has 1 heterocycles. The lowest BCUT2D eigenvalue weighted by atomic mass is 10.0. The molecule has 0 aromatic carbocycles. The first-order valence-corrected chi connectivity index (χ1v) is 4.44. The van der Waals surface area contributed by atoms with Crippen LogP contribution in [0, 0.1) is 11.8 Å². The second kappa shape index (κ2) is 2.91. The van der Waals surface area contributed by atoms with Gasteiger partial charge in [-0.2, -0.15) is 0 Å². The van der Waals surface area contributed by atoms with Gasteiger partial charge in [0.15, 0.2) is 0 Å². The van der Waals surface area contributed by atoms with E-state index in [2.05, 4.69) is 13.8 Å². The SMILES string of the molecule is CC.CC1OC2CC2C1C. The maximum atomic E-state index is 5.55. The molecule has 4 atom stereocenters. The average molecular weight is 142 g/mol. The van der Waals surface area contributed by atoms with E-state index in [0.717, 1.165) is 11.8 Å². The smallest absolute Gasteiger partial charge is 0.0615 e. The fourth-order valence-corrected chi connectivity index (χ4v) is 1.65. The summed E-state index contributed by atoms with van der Waals surface area (Å²) in [7, 11) is 0. The van der Waals surface area contributed by atoms with Gasteiger partial charge in [-0.1, -0.05) is 20.8 Å². The van der Waals surface area contributed by atoms with Crippen molar-refractivity contribution < 1.29 is 4.74 Å². The van der Waals surface area contributed by atoms with Gasteiger partial charge in [0.1, 0.15) is 0 Å². The van der Waals surface area contributed by atoms with E-state index >= 15 is 0 Å². The van der Waals surface area contributed by atoms with Gasteiger partial charge in [-0.3, -0.25) is 0 Å². The first kappa shape index (κ1) is 8.06. The van der Waals surface area contributed by atoms with Crippen molar-refractivity contribution in [1.29, 1.82) is 0 Å². The summed E-state index contributed by atoms with van der Waals surface area (Å²) in [6.45, 7) is 8.47. The molecule has 1 saturated carbocycles. The molecule has 1 nitrogen and oxygen atoms in total. The quantitative estimate of drug-likeness (QED) is 0.505. The van der Waals surface area contributed by atoms with Crippen molar-refractivity contribution in [1.82, 2.24) is 0 Å². The third-order valence-corrected chi connectivity index (χ3v) is 2.58. The molecule has 60 valence electrons. The summed E-state index contributed by atoms with van der Waals surface area (Å²) in [6, 6.07) is 0. The van der Waals surface area contributed by atoms with Crippen LogP contribution in [0.4, 0.5) is 0 Å². The standard InChI is InChI=1S/C7H12O.C2H6/c1-4-5(2)8-7-3-6(4)7;1-2/h4-7H,3H2,1-2H3;1-2H3. The normalized spacial score (nSPS) is 49.2. The fraction of sp³-hybridized carbons (Fsp3) is 1.00. The highest BCUT2D eigenvalue weighted by Gasteiger charge is 2.51. The molecule has 2 rings (SSSR count). The minimum atomic E-state index is 0.541. The van der Waals surface area contributed by atoms with Gasteiger partial charge < -0.3 is 4.74 Å². The Balaban J connectivity index is 0.000000231. The van der Waals surface area contributed by atoms with Crippen molar-refractivity contribution in [2.24, 2.45) is 11.8 Å². The van der Waals surface area contributed by atoms with E-state index in [1.165, 1.54) is 6.42 Å². The summed E-state index contributed by atoms with van der Waals surface area (Å²) >= 11 is 0. The van der Waals surface area contributed by atoms with Crippen LogP contribution >= 0.6 is 0 Å². The lowest BCUT2D eigenvalue weighted by molar-refractivity contribution is 0.0675. The maximum absolute atomic E-state index is 5.55. The van der Waals surface area contributed by atoms with Crippen LogP contribution in [-0.2, 0) is 4.74 Å². The lowest BCUT2D eigenvalue weighted by Crippen LogP contribution is -2.11. The van der Waals surface area contributed by atoms with Crippen LogP contribution < -0.4 is 0 Å². The van der Waals surface area contributed by atoms with Crippen molar-refractivity contribution in [3.8, 4) is 0 Å². The minimum Gasteiger partial charge on any atom is -0.375 e. The molecule has 0 amide bonds. The zero-order chi connectivity index (χ0) is 7.72. The number of fused-ring (bicyclic) bond motifs is 1. The van der Waals surface area contributed by atoms with Crippen molar-refractivity contribution in [3.05, 3.63) is 0 Å². The minimum absolute atomic E-state index is 0.541. The van der Waals surface area contributed by atoms with E-state index < -0.39 is 0 Å². The van der Waals surface area contributed by atoms with E-state index in [0.29, 0.717) is 12.2 Å². The topological polar surface area (TPSA) is 9.23 Å². The van der Waals surface area contributed by atoms with Crippen LogP contribution in [0.15, 0.2) is 0 Å². The Hall–Kier alpha value is -0.0400. The summed E-state index contributed by atoms with van der Waals surface area (Å²) in [4.78, 5) is 0. The monoisotopic (exact) mass is 142 g/mol. The lowest BCUT2D eigenvalue weighted by Gasteiger charge is -2.10. The van der Waals surface area contributed by atoms with E-state index in [1.54, 1.807) is 0 Å². The largest absolute Gasteiger partial charge is 0.375 e. The van der Waals surface area contributed by atoms with Crippen LogP contribution in [0.1, 0.15) is 34.1 Å². The van der Waals surface area contributed by atoms with E-state index in [9.17, 15) is 0 Å². The molecule has 0 spiro atoms. The molecule has 2 fully saturated rings. The third-order valence-electron chi connectivity index (χ3n) is 2.58. The van der Waals surface area contributed by atoms with Gasteiger partial charge in [-0.25, -0.2) is 0 Å². The molecule has 1 saturated heterocycles. The van der Waals surface area contributed by atoms with Crippen molar-refractivity contribution in [2.45, 2.75) is 46.3 Å². The second-order valence-electron chi connectivity index (χ2n) is 3.14. The fourth-order valence-electron chi connectivity index (χ4n) is 1.65. The Morgan fingerprint density at radius 3 is 2.00 bits per heavy atom. The number of hydrogen-bond acceptors (Lipinski definition) is 1. The second-order valence-corrected chi connectivity index (χ2v) is 3.14. The van der Waals surface area contributed by atoms with Crippen LogP contribution in [0.3, 0.4) is 0 Å². The Labute approximate surface area is 63.8 Å². The highest BCUT2D eigenvalue weighted by Crippen LogP contribution is 2.49. The third kappa shape index (κ3) is 1.20. The molecule has 2 aliphatic rings. The summed E-state index contributed by atoms with van der Waals surface area (Å²) in [5.41, 5.74) is 0. The van der Waals surface area contributed by atoms with Crippen LogP contribution in [0.25, 0.3) is 0 Å². The highest BCUT2D eigenvalue weighted by molar-refractivity contribution is 4.99. The molecule has 4 unspecified atom stereocenters. The van der Waals surface area contributed by atoms with Crippen LogP contribution in [-0.4, -0.2) is 12.2 Å².